The summed E-state index contributed by atoms with van der Waals surface area (Å²) in [6.07, 6.45) is 0. The summed E-state index contributed by atoms with van der Waals surface area (Å²) in [6.45, 7) is 6.02. The number of nitrogens with zero attached hydrogens (tertiary/aromatic N) is 4. The first-order chi connectivity index (χ1) is 15.6. The fraction of sp³-hybridized carbons (Fsp3) is 0.261. The highest BCUT2D eigenvalue weighted by atomic mass is 19.1. The number of fused-ring (bicyclic) bond motifs is 1. The number of carbonyl (C=O) groups is 2. The van der Waals surface area contributed by atoms with E-state index in [1.54, 1.807) is 16.8 Å². The molecule has 0 aliphatic carbocycles. The Morgan fingerprint density at radius 2 is 1.82 bits per heavy atom. The van der Waals surface area contributed by atoms with E-state index < -0.39 is 23.3 Å². The molecule has 0 saturated heterocycles. The summed E-state index contributed by atoms with van der Waals surface area (Å²) in [5.41, 5.74) is 6.50. The first kappa shape index (κ1) is 22.1. The van der Waals surface area contributed by atoms with E-state index in [2.05, 4.69) is 20.6 Å². The fourth-order valence-electron chi connectivity index (χ4n) is 3.48. The Morgan fingerprint density at radius 1 is 1.12 bits per heavy atom. The van der Waals surface area contributed by atoms with Crippen molar-refractivity contribution < 1.29 is 18.4 Å². The van der Waals surface area contributed by atoms with Crippen LogP contribution in [0.3, 0.4) is 0 Å². The van der Waals surface area contributed by atoms with E-state index in [4.69, 9.17) is 10.2 Å². The Bertz CT molecular complexity index is 1320. The van der Waals surface area contributed by atoms with Gasteiger partial charge in [0.25, 0.3) is 5.91 Å². The second kappa shape index (κ2) is 8.45. The summed E-state index contributed by atoms with van der Waals surface area (Å²) >= 11 is 0. The Morgan fingerprint density at radius 3 is 2.45 bits per heavy atom. The Kier molecular flexibility index (Phi) is 5.67. The molecule has 0 fully saturated rings. The number of benzene rings is 2. The number of rotatable bonds is 6. The van der Waals surface area contributed by atoms with E-state index in [0.717, 1.165) is 11.1 Å². The van der Waals surface area contributed by atoms with Gasteiger partial charge in [-0.3, -0.25) is 14.3 Å². The zero-order valence-electron chi connectivity index (χ0n) is 18.4. The molecule has 1 atom stereocenters. The van der Waals surface area contributed by atoms with E-state index in [-0.39, 0.29) is 23.3 Å². The van der Waals surface area contributed by atoms with Crippen LogP contribution in [0.15, 0.2) is 52.9 Å². The lowest BCUT2D eigenvalue weighted by Crippen LogP contribution is -2.37. The van der Waals surface area contributed by atoms with Gasteiger partial charge in [-0.15, -0.1) is 10.2 Å². The molecule has 2 heterocycles. The number of primary amides is 1. The highest BCUT2D eigenvalue weighted by Gasteiger charge is 2.34. The number of hydrogen-bond donors (Lipinski definition) is 2. The zero-order valence-corrected chi connectivity index (χ0v) is 18.4. The van der Waals surface area contributed by atoms with Crippen molar-refractivity contribution in [1.29, 1.82) is 0 Å². The fourth-order valence-corrected chi connectivity index (χ4v) is 3.48. The third-order valence-corrected chi connectivity index (χ3v) is 5.16. The number of hydrogen-bond acceptors (Lipinski definition) is 6. The van der Waals surface area contributed by atoms with Crippen LogP contribution in [0.4, 0.5) is 4.39 Å². The minimum atomic E-state index is -0.849. The van der Waals surface area contributed by atoms with Gasteiger partial charge in [0.2, 0.25) is 5.89 Å². The van der Waals surface area contributed by atoms with Crippen LogP contribution < -0.4 is 11.1 Å². The molecule has 9 nitrogen and oxygen atoms in total. The molecule has 10 heteroatoms. The van der Waals surface area contributed by atoms with Crippen LogP contribution in [0, 0.1) is 11.2 Å². The Hall–Kier alpha value is -4.08. The Labute approximate surface area is 188 Å². The molecular weight excluding hydrogens is 427 g/mol. The lowest BCUT2D eigenvalue weighted by molar-refractivity contribution is 0.0878. The summed E-state index contributed by atoms with van der Waals surface area (Å²) in [5, 5.41) is 15.6. The van der Waals surface area contributed by atoms with E-state index in [1.807, 2.05) is 45.0 Å². The molecular formula is C23H23FN6O3. The molecule has 4 aromatic rings. The topological polar surface area (TPSA) is 129 Å². The van der Waals surface area contributed by atoms with E-state index in [0.29, 0.717) is 11.9 Å². The predicted octanol–water partition coefficient (Wildman–Crippen LogP) is 3.22. The maximum Gasteiger partial charge on any atom is 0.306 e. The van der Waals surface area contributed by atoms with Crippen molar-refractivity contribution in [2.45, 2.75) is 33.4 Å². The van der Waals surface area contributed by atoms with Crippen LogP contribution in [-0.2, 0) is 6.54 Å². The van der Waals surface area contributed by atoms with Gasteiger partial charge < -0.3 is 15.5 Å². The average Bonchev–Trinajstić information content (AvgIpc) is 3.38. The molecule has 2 aromatic carbocycles. The van der Waals surface area contributed by atoms with Crippen LogP contribution in [0.25, 0.3) is 10.9 Å². The predicted molar refractivity (Wildman–Crippen MR) is 118 cm³/mol. The third kappa shape index (κ3) is 4.59. The van der Waals surface area contributed by atoms with Gasteiger partial charge >= 0.3 is 11.8 Å². The normalized spacial score (nSPS) is 12.6. The number of amides is 2. The monoisotopic (exact) mass is 450 g/mol. The molecule has 0 spiro atoms. The summed E-state index contributed by atoms with van der Waals surface area (Å²) < 4.78 is 20.4. The standard InChI is InChI=1S/C23H23FN6O3/c1-23(2,3)18(21-27-28-22(33-21)19(25)31)26-20(32)17-15-6-4-5-7-16(15)30(29-17)12-13-8-10-14(24)11-9-13/h4-11,18H,12H2,1-3H3,(H2,25,31)(H,26,32)/t18-/m1/s1. The molecule has 4 rings (SSSR count). The van der Waals surface area contributed by atoms with Crippen LogP contribution >= 0.6 is 0 Å². The molecule has 0 bridgehead atoms. The summed E-state index contributed by atoms with van der Waals surface area (Å²) in [4.78, 5) is 24.7. The van der Waals surface area contributed by atoms with E-state index in [9.17, 15) is 14.0 Å². The minimum Gasteiger partial charge on any atom is -0.415 e. The SMILES string of the molecule is CC(C)(C)[C@H](NC(=O)c1nn(Cc2ccc(F)cc2)c2ccccc12)c1nnc(C(N)=O)o1. The van der Waals surface area contributed by atoms with Gasteiger partial charge in [-0.25, -0.2) is 4.39 Å². The van der Waals surface area contributed by atoms with Crippen molar-refractivity contribution in [3.63, 3.8) is 0 Å². The quantitative estimate of drug-likeness (QED) is 0.464. The maximum atomic E-state index is 13.3. The van der Waals surface area contributed by atoms with Crippen LogP contribution in [0.5, 0.6) is 0 Å². The van der Waals surface area contributed by atoms with E-state index in [1.165, 1.54) is 12.1 Å². The van der Waals surface area contributed by atoms with Crippen molar-refractivity contribution in [2.24, 2.45) is 11.1 Å². The van der Waals surface area contributed by atoms with Gasteiger partial charge in [0.15, 0.2) is 5.69 Å². The highest BCUT2D eigenvalue weighted by molar-refractivity contribution is 6.05. The van der Waals surface area contributed by atoms with Crippen molar-refractivity contribution in [2.75, 3.05) is 0 Å². The molecule has 0 unspecified atom stereocenters. The van der Waals surface area contributed by atoms with Crippen LogP contribution in [-0.4, -0.2) is 31.8 Å². The van der Waals surface area contributed by atoms with Gasteiger partial charge in [0, 0.05) is 5.39 Å². The number of halogens is 1. The van der Waals surface area contributed by atoms with Crippen molar-refractivity contribution in [3.05, 3.63) is 77.4 Å². The number of carbonyl (C=O) groups excluding carboxylic acids is 2. The number of nitrogens with one attached hydrogen (secondary N) is 1. The van der Waals surface area contributed by atoms with Crippen LogP contribution in [0.1, 0.15) is 59.4 Å². The maximum absolute atomic E-state index is 13.3. The van der Waals surface area contributed by atoms with E-state index >= 15 is 0 Å². The highest BCUT2D eigenvalue weighted by Crippen LogP contribution is 2.32. The second-order valence-electron chi connectivity index (χ2n) is 8.73. The van der Waals surface area contributed by atoms with Crippen molar-refractivity contribution >= 4 is 22.7 Å². The zero-order chi connectivity index (χ0) is 23.8. The lowest BCUT2D eigenvalue weighted by Gasteiger charge is -2.28. The number of nitrogens with two attached hydrogens (primary N) is 1. The molecule has 2 amide bonds. The second-order valence-corrected chi connectivity index (χ2v) is 8.73. The molecule has 3 N–H and O–H groups in total. The van der Waals surface area contributed by atoms with Crippen molar-refractivity contribution in [1.82, 2.24) is 25.3 Å². The number of para-hydroxylation sites is 1. The first-order valence-corrected chi connectivity index (χ1v) is 10.3. The Balaban J connectivity index is 1.68. The molecule has 0 saturated carbocycles. The molecule has 170 valence electrons. The molecule has 0 radical (unpaired) electrons. The first-order valence-electron chi connectivity index (χ1n) is 10.3. The van der Waals surface area contributed by atoms with Crippen molar-refractivity contribution in [3.8, 4) is 0 Å². The lowest BCUT2D eigenvalue weighted by atomic mass is 9.86. The molecule has 33 heavy (non-hydrogen) atoms. The van der Waals surface area contributed by atoms with Gasteiger partial charge in [0.05, 0.1) is 12.1 Å². The van der Waals surface area contributed by atoms with Gasteiger partial charge in [0.1, 0.15) is 11.9 Å². The van der Waals surface area contributed by atoms with Gasteiger partial charge in [-0.1, -0.05) is 51.1 Å². The molecule has 2 aromatic heterocycles. The summed E-state index contributed by atoms with van der Waals surface area (Å²) in [6, 6.07) is 12.8. The molecule has 0 aliphatic heterocycles. The largest absolute Gasteiger partial charge is 0.415 e. The third-order valence-electron chi connectivity index (χ3n) is 5.16. The summed E-state index contributed by atoms with van der Waals surface area (Å²) in [7, 11) is 0. The van der Waals surface area contributed by atoms with Crippen LogP contribution in [0.2, 0.25) is 0 Å². The summed E-state index contributed by atoms with van der Waals surface area (Å²) in [5.74, 6) is -1.87. The average molecular weight is 450 g/mol. The van der Waals surface area contributed by atoms with Gasteiger partial charge in [-0.05, 0) is 29.2 Å². The minimum absolute atomic E-state index is 0.0692. The number of aromatic nitrogens is 4. The van der Waals surface area contributed by atoms with Gasteiger partial charge in [-0.2, -0.15) is 5.10 Å². The smallest absolute Gasteiger partial charge is 0.306 e. The molecule has 0 aliphatic rings.